The van der Waals surface area contributed by atoms with Crippen molar-refractivity contribution < 1.29 is 9.59 Å². The molecule has 7 heteroatoms. The van der Waals surface area contributed by atoms with Crippen molar-refractivity contribution in [3.8, 4) is 0 Å². The van der Waals surface area contributed by atoms with Gasteiger partial charge >= 0.3 is 0 Å². The molecule has 4 nitrogen and oxygen atoms in total. The Kier molecular flexibility index (Phi) is 7.27. The predicted molar refractivity (Wildman–Crippen MR) is 115 cm³/mol. The number of thioether (sulfide) groups is 1. The normalized spacial score (nSPS) is 14.8. The van der Waals surface area contributed by atoms with Gasteiger partial charge in [-0.05, 0) is 49.6 Å². The van der Waals surface area contributed by atoms with E-state index in [1.54, 1.807) is 18.2 Å². The third-order valence-corrected chi connectivity index (χ3v) is 6.34. The van der Waals surface area contributed by atoms with Crippen LogP contribution >= 0.6 is 35.0 Å². The smallest absolute Gasteiger partial charge is 0.252 e. The highest BCUT2D eigenvalue weighted by Gasteiger charge is 2.20. The van der Waals surface area contributed by atoms with E-state index < -0.39 is 0 Å². The first kappa shape index (κ1) is 21.0. The number of halogens is 2. The zero-order chi connectivity index (χ0) is 20.1. The summed E-state index contributed by atoms with van der Waals surface area (Å²) in [6.07, 6.45) is 2.14. The average Bonchev–Trinajstić information content (AvgIpc) is 3.21. The second-order valence-corrected chi connectivity index (χ2v) is 8.59. The highest BCUT2D eigenvalue weighted by Crippen LogP contribution is 2.28. The van der Waals surface area contributed by atoms with E-state index >= 15 is 0 Å². The number of hydrogen-bond donors (Lipinski definition) is 1. The van der Waals surface area contributed by atoms with E-state index in [-0.39, 0.29) is 17.9 Å². The second-order valence-electron chi connectivity index (χ2n) is 6.73. The Morgan fingerprint density at radius 1 is 1.14 bits per heavy atom. The summed E-state index contributed by atoms with van der Waals surface area (Å²) >= 11 is 13.6. The van der Waals surface area contributed by atoms with Crippen LogP contribution < -0.4 is 5.32 Å². The van der Waals surface area contributed by atoms with E-state index in [2.05, 4.69) is 5.32 Å². The molecule has 2 aromatic rings. The van der Waals surface area contributed by atoms with Gasteiger partial charge in [0.05, 0.1) is 17.4 Å². The van der Waals surface area contributed by atoms with Crippen LogP contribution in [0.2, 0.25) is 10.0 Å². The molecule has 0 aromatic heterocycles. The van der Waals surface area contributed by atoms with E-state index in [9.17, 15) is 9.59 Å². The topological polar surface area (TPSA) is 49.4 Å². The molecule has 0 bridgehead atoms. The predicted octanol–water partition coefficient (Wildman–Crippen LogP) is 5.20. The highest BCUT2D eigenvalue weighted by molar-refractivity contribution is 8.00. The Balaban J connectivity index is 1.67. The van der Waals surface area contributed by atoms with Gasteiger partial charge in [-0.1, -0.05) is 41.4 Å². The molecule has 1 aliphatic heterocycles. The van der Waals surface area contributed by atoms with Crippen LogP contribution in [0.15, 0.2) is 47.4 Å². The average molecular weight is 437 g/mol. The van der Waals surface area contributed by atoms with E-state index in [1.165, 1.54) is 11.8 Å². The largest absolute Gasteiger partial charge is 0.345 e. The molecule has 28 heavy (non-hydrogen) atoms. The zero-order valence-electron chi connectivity index (χ0n) is 15.6. The minimum atomic E-state index is -0.276. The number of likely N-dealkylation sites (tertiary alicyclic amines) is 1. The SMILES string of the molecule is CC(NC(=O)c1ccccc1SCC(=O)N1CCCC1)c1ccc(Cl)cc1Cl. The Morgan fingerprint density at radius 2 is 1.86 bits per heavy atom. The molecule has 148 valence electrons. The van der Waals surface area contributed by atoms with Crippen molar-refractivity contribution >= 4 is 46.8 Å². The first-order chi connectivity index (χ1) is 13.5. The molecule has 2 aromatic carbocycles. The van der Waals surface area contributed by atoms with Crippen molar-refractivity contribution in [3.63, 3.8) is 0 Å². The van der Waals surface area contributed by atoms with Gasteiger partial charge in [-0.3, -0.25) is 9.59 Å². The number of carbonyl (C=O) groups excluding carboxylic acids is 2. The van der Waals surface area contributed by atoms with Crippen molar-refractivity contribution in [1.82, 2.24) is 10.2 Å². The summed E-state index contributed by atoms with van der Waals surface area (Å²) in [7, 11) is 0. The summed E-state index contributed by atoms with van der Waals surface area (Å²) in [5.41, 5.74) is 1.35. The molecule has 1 atom stereocenters. The van der Waals surface area contributed by atoms with E-state index in [0.717, 1.165) is 36.4 Å². The van der Waals surface area contributed by atoms with Gasteiger partial charge in [-0.25, -0.2) is 0 Å². The summed E-state index contributed by atoms with van der Waals surface area (Å²) in [6, 6.07) is 12.3. The fourth-order valence-corrected chi connectivity index (χ4v) is 4.71. The number of amides is 2. The lowest BCUT2D eigenvalue weighted by Crippen LogP contribution is -2.29. The Hall–Kier alpha value is -1.69. The van der Waals surface area contributed by atoms with Crippen LogP contribution in [-0.2, 0) is 4.79 Å². The van der Waals surface area contributed by atoms with E-state index in [1.807, 2.05) is 36.1 Å². The van der Waals surface area contributed by atoms with Gasteiger partial charge in [0.2, 0.25) is 5.91 Å². The third-order valence-electron chi connectivity index (χ3n) is 4.72. The molecule has 1 aliphatic rings. The summed E-state index contributed by atoms with van der Waals surface area (Å²) in [5.74, 6) is 0.261. The van der Waals surface area contributed by atoms with Crippen molar-refractivity contribution in [2.45, 2.75) is 30.7 Å². The van der Waals surface area contributed by atoms with Gasteiger partial charge < -0.3 is 10.2 Å². The molecule has 0 radical (unpaired) electrons. The molecule has 1 heterocycles. The number of nitrogens with zero attached hydrogens (tertiary/aromatic N) is 1. The van der Waals surface area contributed by atoms with Crippen LogP contribution in [0.25, 0.3) is 0 Å². The fourth-order valence-electron chi connectivity index (χ4n) is 3.18. The molecule has 1 saturated heterocycles. The van der Waals surface area contributed by atoms with Crippen LogP contribution in [0.4, 0.5) is 0 Å². The second kappa shape index (κ2) is 9.68. The van der Waals surface area contributed by atoms with Gasteiger partial charge in [-0.15, -0.1) is 11.8 Å². The molecule has 2 amide bonds. The molecule has 1 fully saturated rings. The maximum absolute atomic E-state index is 12.8. The molecule has 1 N–H and O–H groups in total. The van der Waals surface area contributed by atoms with Crippen LogP contribution in [0.5, 0.6) is 0 Å². The molecule has 1 unspecified atom stereocenters. The summed E-state index contributed by atoms with van der Waals surface area (Å²) < 4.78 is 0. The lowest BCUT2D eigenvalue weighted by Gasteiger charge is -2.18. The van der Waals surface area contributed by atoms with Crippen molar-refractivity contribution in [1.29, 1.82) is 0 Å². The lowest BCUT2D eigenvalue weighted by atomic mass is 10.1. The first-order valence-electron chi connectivity index (χ1n) is 9.21. The van der Waals surface area contributed by atoms with E-state index in [0.29, 0.717) is 21.4 Å². The summed E-state index contributed by atoms with van der Waals surface area (Å²) in [5, 5.41) is 4.05. The van der Waals surface area contributed by atoms with Crippen LogP contribution in [0, 0.1) is 0 Å². The maximum Gasteiger partial charge on any atom is 0.252 e. The highest BCUT2D eigenvalue weighted by atomic mass is 35.5. The molecular formula is C21H22Cl2N2O2S. The lowest BCUT2D eigenvalue weighted by molar-refractivity contribution is -0.127. The van der Waals surface area contributed by atoms with Crippen LogP contribution in [-0.4, -0.2) is 35.6 Å². The third kappa shape index (κ3) is 5.22. The minimum absolute atomic E-state index is 0.124. The Bertz CT molecular complexity index is 869. The molecular weight excluding hydrogens is 415 g/mol. The number of rotatable bonds is 6. The molecule has 0 spiro atoms. The number of nitrogens with one attached hydrogen (secondary N) is 1. The van der Waals surface area contributed by atoms with Gasteiger partial charge in [0.1, 0.15) is 0 Å². The standard InChI is InChI=1S/C21H22Cl2N2O2S/c1-14(16-9-8-15(22)12-18(16)23)24-21(27)17-6-2-3-7-19(17)28-13-20(26)25-10-4-5-11-25/h2-3,6-9,12,14H,4-5,10-11,13H2,1H3,(H,24,27). The summed E-state index contributed by atoms with van der Waals surface area (Å²) in [4.78, 5) is 27.8. The van der Waals surface area contributed by atoms with E-state index in [4.69, 9.17) is 23.2 Å². The van der Waals surface area contributed by atoms with Gasteiger partial charge in [0.25, 0.3) is 5.91 Å². The number of hydrogen-bond acceptors (Lipinski definition) is 3. The van der Waals surface area contributed by atoms with Crippen molar-refractivity contribution in [3.05, 3.63) is 63.6 Å². The molecule has 3 rings (SSSR count). The summed E-state index contributed by atoms with van der Waals surface area (Å²) in [6.45, 7) is 3.54. The first-order valence-corrected chi connectivity index (χ1v) is 11.0. The van der Waals surface area contributed by atoms with Gasteiger partial charge in [0.15, 0.2) is 0 Å². The van der Waals surface area contributed by atoms with Crippen LogP contribution in [0.1, 0.15) is 41.7 Å². The maximum atomic E-state index is 12.8. The fraction of sp³-hybridized carbons (Fsp3) is 0.333. The minimum Gasteiger partial charge on any atom is -0.345 e. The number of benzene rings is 2. The van der Waals surface area contributed by atoms with Gasteiger partial charge in [-0.2, -0.15) is 0 Å². The van der Waals surface area contributed by atoms with Crippen molar-refractivity contribution in [2.24, 2.45) is 0 Å². The molecule has 0 saturated carbocycles. The number of carbonyl (C=O) groups is 2. The monoisotopic (exact) mass is 436 g/mol. The molecule has 0 aliphatic carbocycles. The Morgan fingerprint density at radius 3 is 2.57 bits per heavy atom. The van der Waals surface area contributed by atoms with Crippen molar-refractivity contribution in [2.75, 3.05) is 18.8 Å². The van der Waals surface area contributed by atoms with Gasteiger partial charge in [0, 0.05) is 28.0 Å². The Labute approximate surface area is 179 Å². The van der Waals surface area contributed by atoms with Crippen LogP contribution in [0.3, 0.4) is 0 Å². The quantitative estimate of drug-likeness (QED) is 0.632. The zero-order valence-corrected chi connectivity index (χ0v) is 17.9.